The summed E-state index contributed by atoms with van der Waals surface area (Å²) in [7, 11) is 0. The van der Waals surface area contributed by atoms with Crippen LogP contribution in [0.15, 0.2) is 18.3 Å². The minimum absolute atomic E-state index is 0.0719. The number of nitrogens with two attached hydrogens (primary N) is 1. The van der Waals surface area contributed by atoms with Gasteiger partial charge in [0.2, 0.25) is 0 Å². The Bertz CT molecular complexity index is 620. The summed E-state index contributed by atoms with van der Waals surface area (Å²) in [6.07, 6.45) is 1.49. The van der Waals surface area contributed by atoms with Gasteiger partial charge in [0.25, 0.3) is 0 Å². The zero-order valence-electron chi connectivity index (χ0n) is 11.1. The predicted octanol–water partition coefficient (Wildman–Crippen LogP) is 2.26. The highest BCUT2D eigenvalue weighted by Gasteiger charge is 2.18. The molecule has 0 aliphatic carbocycles. The molecule has 0 saturated carbocycles. The Morgan fingerprint density at radius 2 is 2.15 bits per heavy atom. The molecular formula is C13H13ClN4O2. The van der Waals surface area contributed by atoms with E-state index in [1.54, 1.807) is 26.0 Å². The van der Waals surface area contributed by atoms with E-state index in [0.29, 0.717) is 22.2 Å². The van der Waals surface area contributed by atoms with Crippen molar-refractivity contribution in [3.8, 4) is 11.5 Å². The Hall–Kier alpha value is -2.21. The van der Waals surface area contributed by atoms with Crippen molar-refractivity contribution in [2.24, 2.45) is 0 Å². The van der Waals surface area contributed by atoms with Crippen molar-refractivity contribution in [2.75, 3.05) is 12.3 Å². The Labute approximate surface area is 121 Å². The minimum atomic E-state index is -0.530. The van der Waals surface area contributed by atoms with E-state index in [0.717, 1.165) is 0 Å². The van der Waals surface area contributed by atoms with Gasteiger partial charge in [0.05, 0.1) is 17.3 Å². The number of anilines is 1. The number of ether oxygens (including phenoxy) is 1. The second kappa shape index (κ2) is 5.83. The number of carbonyl (C=O) groups is 1. The van der Waals surface area contributed by atoms with E-state index in [9.17, 15) is 4.79 Å². The van der Waals surface area contributed by atoms with Crippen LogP contribution in [0.3, 0.4) is 0 Å². The lowest BCUT2D eigenvalue weighted by atomic mass is 10.2. The van der Waals surface area contributed by atoms with Crippen molar-refractivity contribution in [3.63, 3.8) is 0 Å². The molecule has 2 aromatic rings. The summed E-state index contributed by atoms with van der Waals surface area (Å²) >= 11 is 5.77. The maximum Gasteiger partial charge on any atom is 0.343 e. The first-order chi connectivity index (χ1) is 9.52. The van der Waals surface area contributed by atoms with E-state index in [-0.39, 0.29) is 18.0 Å². The van der Waals surface area contributed by atoms with E-state index in [1.165, 1.54) is 6.20 Å². The van der Waals surface area contributed by atoms with Crippen LogP contribution < -0.4 is 5.73 Å². The average Bonchev–Trinajstić information content (AvgIpc) is 2.39. The van der Waals surface area contributed by atoms with Crippen LogP contribution >= 0.6 is 11.6 Å². The Morgan fingerprint density at radius 3 is 2.70 bits per heavy atom. The lowest BCUT2D eigenvalue weighted by molar-refractivity contribution is 0.0526. The summed E-state index contributed by atoms with van der Waals surface area (Å²) in [5.74, 6) is -0.120. The Morgan fingerprint density at radius 1 is 1.40 bits per heavy atom. The van der Waals surface area contributed by atoms with Gasteiger partial charge in [-0.25, -0.2) is 14.8 Å². The fourth-order valence-electron chi connectivity index (χ4n) is 1.67. The van der Waals surface area contributed by atoms with Crippen LogP contribution in [-0.4, -0.2) is 27.5 Å². The number of nitrogen functional groups attached to an aromatic ring is 1. The number of esters is 1. The Kier molecular flexibility index (Phi) is 4.14. The molecule has 0 aliphatic heterocycles. The molecule has 0 fully saturated rings. The third-order valence-corrected chi connectivity index (χ3v) is 2.78. The fraction of sp³-hybridized carbons (Fsp3) is 0.231. The fourth-order valence-corrected chi connectivity index (χ4v) is 1.79. The number of hydrogen-bond donors (Lipinski definition) is 1. The maximum atomic E-state index is 11.8. The Balaban J connectivity index is 2.44. The van der Waals surface area contributed by atoms with Crippen LogP contribution in [0.4, 0.5) is 5.82 Å². The summed E-state index contributed by atoms with van der Waals surface area (Å²) in [4.78, 5) is 24.2. The van der Waals surface area contributed by atoms with Crippen LogP contribution in [0.25, 0.3) is 11.5 Å². The summed E-state index contributed by atoms with van der Waals surface area (Å²) in [5.41, 5.74) is 6.97. The second-order valence-electron chi connectivity index (χ2n) is 3.97. The molecule has 2 heterocycles. The molecule has 7 heteroatoms. The molecular weight excluding hydrogens is 280 g/mol. The summed E-state index contributed by atoms with van der Waals surface area (Å²) in [6, 6.07) is 3.36. The molecule has 2 N–H and O–H groups in total. The number of aromatic nitrogens is 3. The summed E-state index contributed by atoms with van der Waals surface area (Å²) in [5, 5.41) is 0.515. The lowest BCUT2D eigenvalue weighted by Gasteiger charge is -2.09. The number of hydrogen-bond acceptors (Lipinski definition) is 6. The van der Waals surface area contributed by atoms with Crippen molar-refractivity contribution in [3.05, 3.63) is 34.6 Å². The highest BCUT2D eigenvalue weighted by molar-refractivity contribution is 6.30. The summed E-state index contributed by atoms with van der Waals surface area (Å²) < 4.78 is 4.92. The number of aryl methyl sites for hydroxylation is 1. The molecule has 6 nitrogen and oxygen atoms in total. The highest BCUT2D eigenvalue weighted by atomic mass is 35.5. The van der Waals surface area contributed by atoms with Crippen molar-refractivity contribution in [1.82, 2.24) is 15.0 Å². The molecule has 0 aromatic carbocycles. The largest absolute Gasteiger partial charge is 0.462 e. The van der Waals surface area contributed by atoms with Crippen molar-refractivity contribution >= 4 is 23.4 Å². The number of nitrogens with zero attached hydrogens (tertiary/aromatic N) is 3. The first kappa shape index (κ1) is 14.2. The normalized spacial score (nSPS) is 10.3. The van der Waals surface area contributed by atoms with E-state index in [4.69, 9.17) is 22.1 Å². The molecule has 0 spiro atoms. The van der Waals surface area contributed by atoms with Gasteiger partial charge in [0, 0.05) is 6.20 Å². The molecule has 0 bridgehead atoms. The van der Waals surface area contributed by atoms with Crippen LogP contribution in [0.2, 0.25) is 5.02 Å². The second-order valence-corrected chi connectivity index (χ2v) is 4.41. The van der Waals surface area contributed by atoms with Crippen LogP contribution in [-0.2, 0) is 4.74 Å². The van der Waals surface area contributed by atoms with Gasteiger partial charge in [-0.3, -0.25) is 4.98 Å². The van der Waals surface area contributed by atoms with Gasteiger partial charge in [0.15, 0.2) is 5.82 Å². The molecule has 0 atom stereocenters. The number of pyridine rings is 1. The van der Waals surface area contributed by atoms with Crippen molar-refractivity contribution in [2.45, 2.75) is 13.8 Å². The van der Waals surface area contributed by atoms with Crippen molar-refractivity contribution < 1.29 is 9.53 Å². The first-order valence-electron chi connectivity index (χ1n) is 5.96. The zero-order valence-corrected chi connectivity index (χ0v) is 11.8. The standard InChI is InChI=1S/C13H13ClN4O2/c1-3-20-13(19)10-7(2)17-12(18-11(10)15)9-5-4-8(14)6-16-9/h4-6H,3H2,1-2H3,(H2,15,17,18). The van der Waals surface area contributed by atoms with Gasteiger partial charge >= 0.3 is 5.97 Å². The zero-order chi connectivity index (χ0) is 14.7. The average molecular weight is 293 g/mol. The van der Waals surface area contributed by atoms with Crippen LogP contribution in [0, 0.1) is 6.92 Å². The van der Waals surface area contributed by atoms with Crippen LogP contribution in [0.1, 0.15) is 23.0 Å². The third-order valence-electron chi connectivity index (χ3n) is 2.55. The molecule has 20 heavy (non-hydrogen) atoms. The smallest absolute Gasteiger partial charge is 0.343 e. The van der Waals surface area contributed by atoms with Crippen molar-refractivity contribution in [1.29, 1.82) is 0 Å². The van der Waals surface area contributed by atoms with Gasteiger partial charge in [-0.15, -0.1) is 0 Å². The molecule has 2 rings (SSSR count). The molecule has 2 aromatic heterocycles. The summed E-state index contributed by atoms with van der Waals surface area (Å²) in [6.45, 7) is 3.65. The van der Waals surface area contributed by atoms with E-state index >= 15 is 0 Å². The maximum absolute atomic E-state index is 11.8. The SMILES string of the molecule is CCOC(=O)c1c(C)nc(-c2ccc(Cl)cn2)nc1N. The molecule has 0 radical (unpaired) electrons. The van der Waals surface area contributed by atoms with Gasteiger partial charge < -0.3 is 10.5 Å². The monoisotopic (exact) mass is 292 g/mol. The predicted molar refractivity (Wildman–Crippen MR) is 75.4 cm³/mol. The molecule has 0 amide bonds. The van der Waals surface area contributed by atoms with E-state index in [1.807, 2.05) is 0 Å². The third kappa shape index (κ3) is 2.85. The first-order valence-corrected chi connectivity index (χ1v) is 6.34. The van der Waals surface area contributed by atoms with Crippen LogP contribution in [0.5, 0.6) is 0 Å². The van der Waals surface area contributed by atoms with E-state index in [2.05, 4.69) is 15.0 Å². The molecule has 104 valence electrons. The molecule has 0 aliphatic rings. The van der Waals surface area contributed by atoms with Gasteiger partial charge in [0.1, 0.15) is 17.1 Å². The number of halogens is 1. The highest BCUT2D eigenvalue weighted by Crippen LogP contribution is 2.20. The topological polar surface area (TPSA) is 91.0 Å². The lowest BCUT2D eigenvalue weighted by Crippen LogP contribution is -2.13. The van der Waals surface area contributed by atoms with Gasteiger partial charge in [-0.2, -0.15) is 0 Å². The van der Waals surface area contributed by atoms with Gasteiger partial charge in [-0.05, 0) is 26.0 Å². The minimum Gasteiger partial charge on any atom is -0.462 e. The molecule has 0 unspecified atom stereocenters. The van der Waals surface area contributed by atoms with E-state index < -0.39 is 5.97 Å². The number of rotatable bonds is 3. The van der Waals surface area contributed by atoms with Gasteiger partial charge in [-0.1, -0.05) is 11.6 Å². The quantitative estimate of drug-likeness (QED) is 0.873. The molecule has 0 saturated heterocycles. The number of carbonyl (C=O) groups excluding carboxylic acids is 1.